The Labute approximate surface area is 94.5 Å². The summed E-state index contributed by atoms with van der Waals surface area (Å²) in [7, 11) is 2.44. The van der Waals surface area contributed by atoms with E-state index in [4.69, 9.17) is 19.0 Å². The zero-order chi connectivity index (χ0) is 12.1. The third-order valence-electron chi connectivity index (χ3n) is 2.81. The maximum atomic E-state index is 6.08. The van der Waals surface area contributed by atoms with E-state index in [1.165, 1.54) is 0 Å². The molecule has 0 spiro atoms. The average Bonchev–Trinajstić information content (AvgIpc) is 2.19. The van der Waals surface area contributed by atoms with Gasteiger partial charge in [-0.25, -0.2) is 0 Å². The van der Waals surface area contributed by atoms with Gasteiger partial charge in [0.1, 0.15) is 0 Å². The summed E-state index contributed by atoms with van der Waals surface area (Å²) in [4.78, 5) is 0. The van der Waals surface area contributed by atoms with Crippen molar-refractivity contribution in [1.29, 1.82) is 0 Å². The summed E-state index contributed by atoms with van der Waals surface area (Å²) in [6, 6.07) is 0.888. The Morgan fingerprint density at radius 2 is 1.47 bits per heavy atom. The molecule has 5 heteroatoms. The van der Waals surface area contributed by atoms with Crippen molar-refractivity contribution in [2.45, 2.75) is 39.3 Å². The van der Waals surface area contributed by atoms with Crippen LogP contribution < -0.4 is 5.73 Å². The lowest BCUT2D eigenvalue weighted by molar-refractivity contribution is 0.120. The molecule has 0 aromatic rings. The number of rotatable bonds is 6. The van der Waals surface area contributed by atoms with Crippen molar-refractivity contribution in [2.24, 2.45) is 11.1 Å². The van der Waals surface area contributed by atoms with Crippen LogP contribution in [0.15, 0.2) is 0 Å². The highest BCUT2D eigenvalue weighted by Crippen LogP contribution is 2.24. The molecule has 92 valence electrons. The van der Waals surface area contributed by atoms with E-state index in [2.05, 4.69) is 20.8 Å². The van der Waals surface area contributed by atoms with E-state index in [0.29, 0.717) is 0 Å². The molecule has 0 fully saturated rings. The van der Waals surface area contributed by atoms with E-state index in [1.807, 2.05) is 0 Å². The summed E-state index contributed by atoms with van der Waals surface area (Å²) in [5.74, 6) is 0. The molecular weight excluding hydrogens is 210 g/mol. The summed E-state index contributed by atoms with van der Waals surface area (Å²) < 4.78 is 16.0. The van der Waals surface area contributed by atoms with Crippen molar-refractivity contribution < 1.29 is 13.3 Å². The largest absolute Gasteiger partial charge is 0.500 e. The van der Waals surface area contributed by atoms with Crippen LogP contribution in [-0.4, -0.2) is 36.2 Å². The van der Waals surface area contributed by atoms with E-state index in [-0.39, 0.29) is 11.5 Å². The van der Waals surface area contributed by atoms with Gasteiger partial charge in [0, 0.05) is 33.4 Å². The quantitative estimate of drug-likeness (QED) is 0.711. The molecule has 4 nitrogen and oxygen atoms in total. The van der Waals surface area contributed by atoms with Crippen molar-refractivity contribution in [3.8, 4) is 0 Å². The molecule has 2 N–H and O–H groups in total. The Morgan fingerprint density at radius 3 is 1.73 bits per heavy atom. The van der Waals surface area contributed by atoms with Gasteiger partial charge in [-0.3, -0.25) is 0 Å². The first-order valence-corrected chi connectivity index (χ1v) is 7.15. The van der Waals surface area contributed by atoms with Gasteiger partial charge in [0.25, 0.3) is 0 Å². The van der Waals surface area contributed by atoms with Gasteiger partial charge in [0.15, 0.2) is 0 Å². The maximum Gasteiger partial charge on any atom is 0.500 e. The third kappa shape index (κ3) is 4.61. The highest BCUT2D eigenvalue weighted by Gasteiger charge is 2.38. The first kappa shape index (κ1) is 15.1. The molecule has 15 heavy (non-hydrogen) atoms. The lowest BCUT2D eigenvalue weighted by Crippen LogP contribution is -2.45. The molecule has 0 rings (SSSR count). The molecule has 0 aliphatic heterocycles. The minimum atomic E-state index is -2.44. The van der Waals surface area contributed by atoms with Crippen LogP contribution >= 0.6 is 0 Å². The molecule has 0 saturated carbocycles. The van der Waals surface area contributed by atoms with Crippen LogP contribution in [0, 0.1) is 5.41 Å². The van der Waals surface area contributed by atoms with Gasteiger partial charge in [0.2, 0.25) is 0 Å². The zero-order valence-electron chi connectivity index (χ0n) is 10.8. The van der Waals surface area contributed by atoms with E-state index >= 15 is 0 Å². The summed E-state index contributed by atoms with van der Waals surface area (Å²) in [5.41, 5.74) is 6.18. The fraction of sp³-hybridized carbons (Fsp3) is 1.00. The molecule has 0 aromatic heterocycles. The average molecular weight is 235 g/mol. The van der Waals surface area contributed by atoms with Crippen molar-refractivity contribution in [1.82, 2.24) is 0 Å². The van der Waals surface area contributed by atoms with Gasteiger partial charge >= 0.3 is 8.80 Å². The van der Waals surface area contributed by atoms with Crippen LogP contribution in [0.1, 0.15) is 27.2 Å². The Kier molecular flexibility index (Phi) is 5.98. The zero-order valence-corrected chi connectivity index (χ0v) is 11.8. The van der Waals surface area contributed by atoms with Gasteiger partial charge in [0.05, 0.1) is 0 Å². The predicted octanol–water partition coefficient (Wildman–Crippen LogP) is 1.63. The monoisotopic (exact) mass is 235 g/mol. The van der Waals surface area contributed by atoms with E-state index in [0.717, 1.165) is 12.5 Å². The maximum absolute atomic E-state index is 6.08. The van der Waals surface area contributed by atoms with E-state index < -0.39 is 8.80 Å². The summed E-state index contributed by atoms with van der Waals surface area (Å²) in [6.45, 7) is 6.40. The second kappa shape index (κ2) is 5.96. The van der Waals surface area contributed by atoms with Crippen molar-refractivity contribution in [2.75, 3.05) is 21.3 Å². The molecule has 0 heterocycles. The van der Waals surface area contributed by atoms with Crippen LogP contribution in [0.5, 0.6) is 0 Å². The highest BCUT2D eigenvalue weighted by atomic mass is 28.4. The molecule has 1 unspecified atom stereocenters. The molecule has 0 amide bonds. The minimum Gasteiger partial charge on any atom is -0.377 e. The van der Waals surface area contributed by atoms with Gasteiger partial charge in [-0.2, -0.15) is 0 Å². The second-order valence-corrected chi connectivity index (χ2v) is 7.90. The lowest BCUT2D eigenvalue weighted by Gasteiger charge is -2.30. The molecule has 0 aromatic carbocycles. The molecule has 0 radical (unpaired) electrons. The van der Waals surface area contributed by atoms with Crippen molar-refractivity contribution in [3.63, 3.8) is 0 Å². The smallest absolute Gasteiger partial charge is 0.377 e. The summed E-state index contributed by atoms with van der Waals surface area (Å²) in [5, 5.41) is 0. The first-order valence-electron chi connectivity index (χ1n) is 5.22. The van der Waals surface area contributed by atoms with Crippen molar-refractivity contribution in [3.05, 3.63) is 0 Å². The minimum absolute atomic E-state index is 0.107. The van der Waals surface area contributed by atoms with Gasteiger partial charge in [-0.1, -0.05) is 20.8 Å². The van der Waals surface area contributed by atoms with E-state index in [1.54, 1.807) is 21.3 Å². The van der Waals surface area contributed by atoms with Crippen LogP contribution in [0.3, 0.4) is 0 Å². The van der Waals surface area contributed by atoms with Gasteiger partial charge < -0.3 is 19.0 Å². The highest BCUT2D eigenvalue weighted by molar-refractivity contribution is 6.60. The normalized spacial score (nSPS) is 15.4. The summed E-state index contributed by atoms with van der Waals surface area (Å²) >= 11 is 0. The van der Waals surface area contributed by atoms with Crippen LogP contribution in [0.2, 0.25) is 6.04 Å². The third-order valence-corrected chi connectivity index (χ3v) is 5.57. The second-order valence-electron chi connectivity index (χ2n) is 4.81. The SMILES string of the molecule is CO[Si](CCC(N)C(C)(C)C)(OC)OC. The topological polar surface area (TPSA) is 53.7 Å². The van der Waals surface area contributed by atoms with Crippen LogP contribution in [0.25, 0.3) is 0 Å². The Balaban J connectivity index is 4.23. The molecular formula is C10H25NO3Si. The van der Waals surface area contributed by atoms with E-state index in [9.17, 15) is 0 Å². The molecule has 0 saturated heterocycles. The number of hydrogen-bond acceptors (Lipinski definition) is 4. The first-order chi connectivity index (χ1) is 6.81. The molecule has 1 atom stereocenters. The Morgan fingerprint density at radius 1 is 1.07 bits per heavy atom. The number of hydrogen-bond donors (Lipinski definition) is 1. The Bertz CT molecular complexity index is 170. The van der Waals surface area contributed by atoms with Crippen LogP contribution in [-0.2, 0) is 13.3 Å². The van der Waals surface area contributed by atoms with Crippen LogP contribution in [0.4, 0.5) is 0 Å². The van der Waals surface area contributed by atoms with Gasteiger partial charge in [-0.15, -0.1) is 0 Å². The standard InChI is InChI=1S/C10H25NO3Si/c1-10(2,3)9(11)7-8-15(12-4,13-5)14-6/h9H,7-8,11H2,1-6H3. The van der Waals surface area contributed by atoms with Crippen molar-refractivity contribution >= 4 is 8.80 Å². The van der Waals surface area contributed by atoms with Gasteiger partial charge in [-0.05, 0) is 11.8 Å². The molecule has 0 aliphatic rings. The molecule has 0 bridgehead atoms. The fourth-order valence-corrected chi connectivity index (χ4v) is 3.10. The lowest BCUT2D eigenvalue weighted by atomic mass is 9.86. The number of nitrogens with two attached hydrogens (primary N) is 1. The fourth-order valence-electron chi connectivity index (χ4n) is 1.32. The molecule has 0 aliphatic carbocycles. The summed E-state index contributed by atoms with van der Waals surface area (Å²) in [6.07, 6.45) is 0.852. The Hall–Kier alpha value is 0.0569. The predicted molar refractivity (Wildman–Crippen MR) is 63.6 cm³/mol.